The van der Waals surface area contributed by atoms with Gasteiger partial charge in [-0.25, -0.2) is 10.2 Å². The van der Waals surface area contributed by atoms with E-state index in [1.54, 1.807) is 36.4 Å². The van der Waals surface area contributed by atoms with Crippen molar-refractivity contribution < 1.29 is 23.7 Å². The zero-order valence-electron chi connectivity index (χ0n) is 15.9. The summed E-state index contributed by atoms with van der Waals surface area (Å²) in [6.45, 7) is 0. The smallest absolute Gasteiger partial charge is 0.337 e. The van der Waals surface area contributed by atoms with Gasteiger partial charge in [-0.2, -0.15) is 5.10 Å². The van der Waals surface area contributed by atoms with Crippen LogP contribution in [0.4, 0.5) is 5.69 Å². The molecule has 1 heterocycles. The normalized spacial score (nSPS) is 10.7. The minimum atomic E-state index is -0.503. The first kappa shape index (κ1) is 20.5. The van der Waals surface area contributed by atoms with Crippen LogP contribution in [0.1, 0.15) is 21.7 Å². The Morgan fingerprint density at radius 2 is 1.93 bits per heavy atom. The van der Waals surface area contributed by atoms with Crippen LogP contribution in [-0.2, 0) is 16.0 Å². The molecule has 152 valence electrons. The van der Waals surface area contributed by atoms with Gasteiger partial charge in [0.05, 0.1) is 30.2 Å². The molecule has 0 aliphatic heterocycles. The van der Waals surface area contributed by atoms with E-state index in [0.717, 1.165) is 0 Å². The molecule has 0 aliphatic rings. The largest absolute Gasteiger partial charge is 0.465 e. The molecule has 0 bridgehead atoms. The van der Waals surface area contributed by atoms with Crippen molar-refractivity contribution in [3.63, 3.8) is 0 Å². The molecule has 1 amide bonds. The lowest BCUT2D eigenvalue weighted by molar-refractivity contribution is -0.384. The Labute approximate surface area is 171 Å². The molecule has 0 spiro atoms. The van der Waals surface area contributed by atoms with Crippen molar-refractivity contribution in [2.45, 2.75) is 6.42 Å². The van der Waals surface area contributed by atoms with Crippen LogP contribution in [0.5, 0.6) is 0 Å². The van der Waals surface area contributed by atoms with E-state index in [1.165, 1.54) is 37.6 Å². The maximum Gasteiger partial charge on any atom is 0.337 e. The summed E-state index contributed by atoms with van der Waals surface area (Å²) >= 11 is 0. The molecule has 9 nitrogen and oxygen atoms in total. The predicted octanol–water partition coefficient (Wildman–Crippen LogP) is 3.33. The monoisotopic (exact) mass is 407 g/mol. The van der Waals surface area contributed by atoms with Crippen LogP contribution in [-0.4, -0.2) is 30.1 Å². The van der Waals surface area contributed by atoms with Crippen LogP contribution < -0.4 is 5.43 Å². The topological polar surface area (TPSA) is 124 Å². The Balaban J connectivity index is 1.58. The molecule has 0 aliphatic carbocycles. The van der Waals surface area contributed by atoms with Crippen LogP contribution >= 0.6 is 0 Å². The summed E-state index contributed by atoms with van der Waals surface area (Å²) in [4.78, 5) is 33.7. The van der Waals surface area contributed by atoms with E-state index < -0.39 is 10.9 Å². The van der Waals surface area contributed by atoms with Crippen molar-refractivity contribution in [3.8, 4) is 11.3 Å². The highest BCUT2D eigenvalue weighted by Gasteiger charge is 2.10. The van der Waals surface area contributed by atoms with Crippen molar-refractivity contribution >= 4 is 23.8 Å². The number of ether oxygens (including phenoxy) is 1. The Morgan fingerprint density at radius 1 is 1.17 bits per heavy atom. The van der Waals surface area contributed by atoms with E-state index in [-0.39, 0.29) is 18.0 Å². The van der Waals surface area contributed by atoms with E-state index in [4.69, 9.17) is 9.15 Å². The highest BCUT2D eigenvalue weighted by atomic mass is 16.6. The van der Waals surface area contributed by atoms with Gasteiger partial charge in [0, 0.05) is 17.7 Å². The maximum absolute atomic E-state index is 11.9. The van der Waals surface area contributed by atoms with Gasteiger partial charge in [-0.15, -0.1) is 0 Å². The number of nitrogens with zero attached hydrogens (tertiary/aromatic N) is 2. The number of carbonyl (C=O) groups excluding carboxylic acids is 2. The van der Waals surface area contributed by atoms with Gasteiger partial charge >= 0.3 is 5.97 Å². The second-order valence-corrected chi connectivity index (χ2v) is 6.17. The molecule has 0 saturated heterocycles. The molecular weight excluding hydrogens is 390 g/mol. The second kappa shape index (κ2) is 9.28. The van der Waals surface area contributed by atoms with Crippen LogP contribution in [0, 0.1) is 10.1 Å². The number of amides is 1. The number of benzene rings is 2. The maximum atomic E-state index is 11.9. The van der Waals surface area contributed by atoms with Crippen molar-refractivity contribution in [3.05, 3.63) is 87.7 Å². The lowest BCUT2D eigenvalue weighted by Gasteiger charge is -2.01. The van der Waals surface area contributed by atoms with Gasteiger partial charge in [0.25, 0.3) is 5.69 Å². The van der Waals surface area contributed by atoms with Crippen LogP contribution in [0.25, 0.3) is 11.3 Å². The zero-order valence-corrected chi connectivity index (χ0v) is 15.9. The van der Waals surface area contributed by atoms with Gasteiger partial charge in [-0.1, -0.05) is 24.3 Å². The molecule has 0 saturated carbocycles. The van der Waals surface area contributed by atoms with Crippen LogP contribution in [0.2, 0.25) is 0 Å². The average molecular weight is 407 g/mol. The molecule has 0 atom stereocenters. The predicted molar refractivity (Wildman–Crippen MR) is 108 cm³/mol. The summed E-state index contributed by atoms with van der Waals surface area (Å²) in [5.74, 6) is 0.113. The average Bonchev–Trinajstić information content (AvgIpc) is 3.22. The van der Waals surface area contributed by atoms with E-state index in [1.807, 2.05) is 0 Å². The SMILES string of the molecule is COC(=O)c1cccc(-c2ccc(/C=N\NC(=O)Cc3ccc([N+](=O)[O-])cc3)o2)c1. The van der Waals surface area contributed by atoms with E-state index in [9.17, 15) is 19.7 Å². The van der Waals surface area contributed by atoms with Gasteiger partial charge in [0.1, 0.15) is 11.5 Å². The lowest BCUT2D eigenvalue weighted by Crippen LogP contribution is -2.19. The number of hydrogen-bond acceptors (Lipinski definition) is 7. The molecule has 2 aromatic carbocycles. The molecule has 0 fully saturated rings. The summed E-state index contributed by atoms with van der Waals surface area (Å²) in [6.07, 6.45) is 1.38. The van der Waals surface area contributed by atoms with Gasteiger partial charge in [0.2, 0.25) is 5.91 Å². The number of rotatable bonds is 7. The third kappa shape index (κ3) is 5.16. The number of hydrogen-bond donors (Lipinski definition) is 1. The highest BCUT2D eigenvalue weighted by Crippen LogP contribution is 2.23. The Hall–Kier alpha value is -4.27. The summed E-state index contributed by atoms with van der Waals surface area (Å²) in [6, 6.07) is 15.9. The number of non-ortho nitro benzene ring substituents is 1. The summed E-state index contributed by atoms with van der Waals surface area (Å²) in [5, 5.41) is 14.5. The van der Waals surface area contributed by atoms with Crippen LogP contribution in [0.3, 0.4) is 0 Å². The van der Waals surface area contributed by atoms with Gasteiger partial charge in [0.15, 0.2) is 0 Å². The van der Waals surface area contributed by atoms with E-state index >= 15 is 0 Å². The Kier molecular flexibility index (Phi) is 6.33. The van der Waals surface area contributed by atoms with Gasteiger partial charge in [-0.3, -0.25) is 14.9 Å². The summed E-state index contributed by atoms with van der Waals surface area (Å²) in [7, 11) is 1.31. The highest BCUT2D eigenvalue weighted by molar-refractivity contribution is 5.90. The fraction of sp³-hybridized carbons (Fsp3) is 0.0952. The molecule has 1 N–H and O–H groups in total. The number of nitrogens with one attached hydrogen (secondary N) is 1. The van der Waals surface area contributed by atoms with E-state index in [2.05, 4.69) is 10.5 Å². The zero-order chi connectivity index (χ0) is 21.5. The molecule has 3 aromatic rings. The van der Waals surface area contributed by atoms with Crippen molar-refractivity contribution in [2.75, 3.05) is 7.11 Å². The minimum absolute atomic E-state index is 0.0268. The van der Waals surface area contributed by atoms with Crippen molar-refractivity contribution in [1.82, 2.24) is 5.43 Å². The number of carbonyl (C=O) groups is 2. The Morgan fingerprint density at radius 3 is 2.63 bits per heavy atom. The lowest BCUT2D eigenvalue weighted by atomic mass is 10.1. The van der Waals surface area contributed by atoms with Crippen molar-refractivity contribution in [1.29, 1.82) is 0 Å². The molecule has 1 aromatic heterocycles. The van der Waals surface area contributed by atoms with E-state index in [0.29, 0.717) is 28.2 Å². The fourth-order valence-corrected chi connectivity index (χ4v) is 2.62. The van der Waals surface area contributed by atoms with Crippen LogP contribution in [0.15, 0.2) is 70.2 Å². The number of furan rings is 1. The molecule has 0 radical (unpaired) electrons. The first-order chi connectivity index (χ1) is 14.5. The molecule has 3 rings (SSSR count). The van der Waals surface area contributed by atoms with Gasteiger partial charge < -0.3 is 9.15 Å². The van der Waals surface area contributed by atoms with Gasteiger partial charge in [-0.05, 0) is 29.8 Å². The number of methoxy groups -OCH3 is 1. The fourth-order valence-electron chi connectivity index (χ4n) is 2.62. The first-order valence-electron chi connectivity index (χ1n) is 8.80. The number of esters is 1. The minimum Gasteiger partial charge on any atom is -0.465 e. The molecule has 9 heteroatoms. The molecule has 0 unspecified atom stereocenters. The first-order valence-corrected chi connectivity index (χ1v) is 8.80. The molecule has 30 heavy (non-hydrogen) atoms. The third-order valence-corrected chi connectivity index (χ3v) is 4.09. The Bertz CT molecular complexity index is 1100. The number of hydrazone groups is 1. The standard InChI is InChI=1S/C21H17N3O6/c1-29-21(26)16-4-2-3-15(12-16)19-10-9-18(30-19)13-22-23-20(25)11-14-5-7-17(8-6-14)24(27)28/h2-10,12-13H,11H2,1H3,(H,23,25)/b22-13-. The second-order valence-electron chi connectivity index (χ2n) is 6.17. The number of nitro groups is 1. The third-order valence-electron chi connectivity index (χ3n) is 4.09. The summed E-state index contributed by atoms with van der Waals surface area (Å²) < 4.78 is 10.4. The summed E-state index contributed by atoms with van der Waals surface area (Å²) in [5.41, 5.74) is 4.06. The van der Waals surface area contributed by atoms with Crippen molar-refractivity contribution in [2.24, 2.45) is 5.10 Å². The number of nitro benzene ring substituents is 1. The molecular formula is C21H17N3O6. The quantitative estimate of drug-likeness (QED) is 0.277.